The Kier molecular flexibility index (Phi) is 7.22. The third kappa shape index (κ3) is 4.88. The predicted molar refractivity (Wildman–Crippen MR) is 88.3 cm³/mol. The van der Waals surface area contributed by atoms with E-state index >= 15 is 0 Å². The highest BCUT2D eigenvalue weighted by Crippen LogP contribution is 2.19. The van der Waals surface area contributed by atoms with E-state index in [0.29, 0.717) is 17.3 Å². The van der Waals surface area contributed by atoms with Gasteiger partial charge in [-0.3, -0.25) is 4.79 Å². The summed E-state index contributed by atoms with van der Waals surface area (Å²) < 4.78 is 1.14. The van der Waals surface area contributed by atoms with Crippen LogP contribution in [0.2, 0.25) is 0 Å². The lowest BCUT2D eigenvalue weighted by Crippen LogP contribution is -2.32. The highest BCUT2D eigenvalue weighted by Gasteiger charge is 2.16. The molecule has 1 unspecified atom stereocenters. The standard InChI is InChI=1S/C14H19BrINO/c1-3-10(4-2)13(15)9-17-14(18)11-5-7-12(16)8-6-11/h5-8,10,13H,3-4,9H2,1-2H3,(H,17,18). The average Bonchev–Trinajstić information content (AvgIpc) is 2.38. The fraction of sp³-hybridized carbons (Fsp3) is 0.500. The van der Waals surface area contributed by atoms with Crippen LogP contribution in [-0.2, 0) is 0 Å². The van der Waals surface area contributed by atoms with E-state index in [-0.39, 0.29) is 5.91 Å². The average molecular weight is 424 g/mol. The minimum Gasteiger partial charge on any atom is -0.351 e. The molecule has 18 heavy (non-hydrogen) atoms. The maximum Gasteiger partial charge on any atom is 0.251 e. The molecule has 1 aromatic carbocycles. The Hall–Kier alpha value is -0.100. The Labute approximate surface area is 131 Å². The molecule has 0 aliphatic heterocycles. The molecule has 1 rings (SSSR count). The summed E-state index contributed by atoms with van der Waals surface area (Å²) in [5.74, 6) is 0.615. The summed E-state index contributed by atoms with van der Waals surface area (Å²) in [6.45, 7) is 5.05. The van der Waals surface area contributed by atoms with E-state index in [2.05, 4.69) is 57.7 Å². The number of carbonyl (C=O) groups excluding carboxylic acids is 1. The summed E-state index contributed by atoms with van der Waals surface area (Å²) in [4.78, 5) is 12.3. The van der Waals surface area contributed by atoms with Crippen molar-refractivity contribution in [2.75, 3.05) is 6.54 Å². The number of halogens is 2. The summed E-state index contributed by atoms with van der Waals surface area (Å²) in [7, 11) is 0. The van der Waals surface area contributed by atoms with Crippen LogP contribution < -0.4 is 5.32 Å². The van der Waals surface area contributed by atoms with Crippen LogP contribution in [-0.4, -0.2) is 17.3 Å². The zero-order valence-electron chi connectivity index (χ0n) is 10.7. The largest absolute Gasteiger partial charge is 0.351 e. The number of benzene rings is 1. The molecule has 1 atom stereocenters. The molecule has 0 saturated carbocycles. The van der Waals surface area contributed by atoms with Gasteiger partial charge in [0, 0.05) is 20.5 Å². The minimum atomic E-state index is 0.00167. The summed E-state index contributed by atoms with van der Waals surface area (Å²) in [6, 6.07) is 7.61. The zero-order valence-corrected chi connectivity index (χ0v) is 14.5. The minimum absolute atomic E-state index is 0.00167. The van der Waals surface area contributed by atoms with Crippen molar-refractivity contribution in [1.29, 1.82) is 0 Å². The van der Waals surface area contributed by atoms with Crippen LogP contribution in [0, 0.1) is 9.49 Å². The first-order chi connectivity index (χ1) is 8.58. The molecule has 0 radical (unpaired) electrons. The summed E-state index contributed by atoms with van der Waals surface area (Å²) in [6.07, 6.45) is 2.26. The lowest BCUT2D eigenvalue weighted by atomic mass is 9.99. The van der Waals surface area contributed by atoms with Crippen LogP contribution in [0.1, 0.15) is 37.0 Å². The van der Waals surface area contributed by atoms with Gasteiger partial charge in [-0.1, -0.05) is 42.6 Å². The summed E-state index contributed by atoms with van der Waals surface area (Å²) in [5, 5.41) is 2.98. The van der Waals surface area contributed by atoms with Crippen molar-refractivity contribution in [2.24, 2.45) is 5.92 Å². The smallest absolute Gasteiger partial charge is 0.251 e. The van der Waals surface area contributed by atoms with Gasteiger partial charge in [-0.05, 0) is 52.8 Å². The van der Waals surface area contributed by atoms with Crippen molar-refractivity contribution in [3.05, 3.63) is 33.4 Å². The number of hydrogen-bond acceptors (Lipinski definition) is 1. The predicted octanol–water partition coefficient (Wildman–Crippen LogP) is 4.22. The van der Waals surface area contributed by atoms with E-state index in [1.54, 1.807) is 0 Å². The molecule has 0 heterocycles. The third-order valence-electron chi connectivity index (χ3n) is 3.12. The van der Waals surface area contributed by atoms with Crippen molar-refractivity contribution < 1.29 is 4.79 Å². The molecule has 1 amide bonds. The molecular formula is C14H19BrINO. The van der Waals surface area contributed by atoms with Crippen LogP contribution >= 0.6 is 38.5 Å². The van der Waals surface area contributed by atoms with Crippen LogP contribution in [0.5, 0.6) is 0 Å². The molecule has 1 aromatic rings. The van der Waals surface area contributed by atoms with Gasteiger partial charge in [-0.25, -0.2) is 0 Å². The van der Waals surface area contributed by atoms with Crippen LogP contribution in [0.15, 0.2) is 24.3 Å². The monoisotopic (exact) mass is 423 g/mol. The number of nitrogens with one attached hydrogen (secondary N) is 1. The molecule has 2 nitrogen and oxygen atoms in total. The SMILES string of the molecule is CCC(CC)C(Br)CNC(=O)c1ccc(I)cc1. The fourth-order valence-corrected chi connectivity index (χ4v) is 3.13. The molecule has 0 fully saturated rings. The van der Waals surface area contributed by atoms with Gasteiger partial charge in [0.15, 0.2) is 0 Å². The molecule has 0 aliphatic carbocycles. The number of hydrogen-bond donors (Lipinski definition) is 1. The molecule has 100 valence electrons. The first kappa shape index (κ1) is 16.0. The Morgan fingerprint density at radius 1 is 1.28 bits per heavy atom. The maximum atomic E-state index is 11.9. The van der Waals surface area contributed by atoms with Crippen molar-refractivity contribution in [3.8, 4) is 0 Å². The first-order valence-electron chi connectivity index (χ1n) is 6.26. The number of carbonyl (C=O) groups is 1. The van der Waals surface area contributed by atoms with E-state index in [1.807, 2.05) is 24.3 Å². The molecule has 0 bridgehead atoms. The van der Waals surface area contributed by atoms with E-state index in [0.717, 1.165) is 22.0 Å². The van der Waals surface area contributed by atoms with E-state index in [1.165, 1.54) is 0 Å². The van der Waals surface area contributed by atoms with Gasteiger partial charge in [0.05, 0.1) is 0 Å². The van der Waals surface area contributed by atoms with E-state index in [9.17, 15) is 4.79 Å². The molecule has 0 spiro atoms. The highest BCUT2D eigenvalue weighted by atomic mass is 127. The Bertz CT molecular complexity index is 376. The molecule has 1 N–H and O–H groups in total. The van der Waals surface area contributed by atoms with Gasteiger partial charge in [-0.15, -0.1) is 0 Å². The van der Waals surface area contributed by atoms with Crippen molar-refractivity contribution in [1.82, 2.24) is 5.32 Å². The Balaban J connectivity index is 2.48. The Morgan fingerprint density at radius 3 is 2.33 bits per heavy atom. The second kappa shape index (κ2) is 8.15. The van der Waals surface area contributed by atoms with E-state index < -0.39 is 0 Å². The normalized spacial score (nSPS) is 12.5. The zero-order chi connectivity index (χ0) is 13.5. The van der Waals surface area contributed by atoms with Crippen molar-refractivity contribution in [3.63, 3.8) is 0 Å². The second-order valence-electron chi connectivity index (χ2n) is 4.31. The molecular weight excluding hydrogens is 405 g/mol. The van der Waals surface area contributed by atoms with Gasteiger partial charge >= 0.3 is 0 Å². The van der Waals surface area contributed by atoms with E-state index in [4.69, 9.17) is 0 Å². The van der Waals surface area contributed by atoms with Gasteiger partial charge < -0.3 is 5.32 Å². The lowest BCUT2D eigenvalue weighted by Gasteiger charge is -2.19. The second-order valence-corrected chi connectivity index (χ2v) is 6.73. The van der Waals surface area contributed by atoms with Crippen molar-refractivity contribution >= 4 is 44.4 Å². The topological polar surface area (TPSA) is 29.1 Å². The fourth-order valence-electron chi connectivity index (χ4n) is 1.86. The van der Waals surface area contributed by atoms with Gasteiger partial charge in [0.1, 0.15) is 0 Å². The van der Waals surface area contributed by atoms with Crippen LogP contribution in [0.4, 0.5) is 0 Å². The number of amides is 1. The third-order valence-corrected chi connectivity index (χ3v) is 4.91. The molecule has 4 heteroatoms. The van der Waals surface area contributed by atoms with Gasteiger partial charge in [0.25, 0.3) is 5.91 Å². The highest BCUT2D eigenvalue weighted by molar-refractivity contribution is 14.1. The van der Waals surface area contributed by atoms with Gasteiger partial charge in [0.2, 0.25) is 0 Å². The Morgan fingerprint density at radius 2 is 1.83 bits per heavy atom. The van der Waals surface area contributed by atoms with Crippen LogP contribution in [0.3, 0.4) is 0 Å². The molecule has 0 aromatic heterocycles. The summed E-state index contributed by atoms with van der Waals surface area (Å²) in [5.41, 5.74) is 0.722. The summed E-state index contributed by atoms with van der Waals surface area (Å²) >= 11 is 5.89. The molecule has 0 saturated heterocycles. The maximum absolute atomic E-state index is 11.9. The van der Waals surface area contributed by atoms with Crippen LogP contribution in [0.25, 0.3) is 0 Å². The number of alkyl halides is 1. The first-order valence-corrected chi connectivity index (χ1v) is 8.25. The number of rotatable bonds is 6. The lowest BCUT2D eigenvalue weighted by molar-refractivity contribution is 0.0952. The van der Waals surface area contributed by atoms with Crippen molar-refractivity contribution in [2.45, 2.75) is 31.5 Å². The van der Waals surface area contributed by atoms with Gasteiger partial charge in [-0.2, -0.15) is 0 Å². The quantitative estimate of drug-likeness (QED) is 0.538. The molecule has 0 aliphatic rings.